The number of piperidine rings is 1. The molecule has 0 unspecified atom stereocenters. The molecule has 286 valence electrons. The third-order valence-corrected chi connectivity index (χ3v) is 10.8. The molecule has 0 aliphatic carbocycles. The van der Waals surface area contributed by atoms with Crippen LogP contribution in [-0.4, -0.2) is 83.9 Å². The molecule has 15 heteroatoms. The largest absolute Gasteiger partial charge is 0.506 e. The summed E-state index contributed by atoms with van der Waals surface area (Å²) in [6.07, 6.45) is -0.262. The maximum Gasteiger partial charge on any atom is 0.411 e. The summed E-state index contributed by atoms with van der Waals surface area (Å²) >= 11 is 0.916. The smallest absolute Gasteiger partial charge is 0.411 e. The number of carbonyl (C=O) groups is 3. The van der Waals surface area contributed by atoms with Crippen LogP contribution in [0.25, 0.3) is 21.3 Å². The number of phenolic OH excluding ortho intramolecular Hbond substituents is 1. The number of aromatic nitrogens is 1. The van der Waals surface area contributed by atoms with Gasteiger partial charge in [0.1, 0.15) is 29.7 Å². The van der Waals surface area contributed by atoms with Gasteiger partial charge in [-0.25, -0.2) is 4.79 Å². The molecule has 4 aromatic carbocycles. The zero-order valence-corrected chi connectivity index (χ0v) is 31.0. The van der Waals surface area contributed by atoms with Crippen LogP contribution in [0.15, 0.2) is 83.7 Å². The molecule has 1 fully saturated rings. The number of amides is 3. The Labute approximate surface area is 320 Å². The first kappa shape index (κ1) is 37.6. The van der Waals surface area contributed by atoms with E-state index in [0.717, 1.165) is 22.5 Å². The van der Waals surface area contributed by atoms with Crippen molar-refractivity contribution in [3.63, 3.8) is 0 Å². The van der Waals surface area contributed by atoms with Crippen molar-refractivity contribution in [2.75, 3.05) is 55.4 Å². The van der Waals surface area contributed by atoms with Gasteiger partial charge < -0.3 is 45.1 Å². The number of aliphatic hydroxyl groups is 1. The molecule has 7 rings (SSSR count). The third-order valence-electron chi connectivity index (χ3n) is 9.87. The number of hydrogen-bond donors (Lipinski definition) is 6. The summed E-state index contributed by atoms with van der Waals surface area (Å²) in [5, 5.41) is 30.0. The van der Waals surface area contributed by atoms with E-state index in [1.807, 2.05) is 54.6 Å². The Bertz CT molecular complexity index is 2250. The van der Waals surface area contributed by atoms with E-state index >= 15 is 0 Å². The highest BCUT2D eigenvalue weighted by Gasteiger charge is 2.30. The van der Waals surface area contributed by atoms with E-state index in [4.69, 9.17) is 9.47 Å². The van der Waals surface area contributed by atoms with Crippen molar-refractivity contribution in [2.45, 2.75) is 38.0 Å². The van der Waals surface area contributed by atoms with Crippen LogP contribution in [0.4, 0.5) is 21.9 Å². The molecule has 14 nitrogen and oxygen atoms in total. The number of ether oxygens (including phenoxy) is 2. The van der Waals surface area contributed by atoms with Gasteiger partial charge in [0, 0.05) is 61.9 Å². The highest BCUT2D eigenvalue weighted by atomic mass is 32.1. The van der Waals surface area contributed by atoms with Gasteiger partial charge in [0.05, 0.1) is 35.0 Å². The van der Waals surface area contributed by atoms with Gasteiger partial charge in [-0.3, -0.25) is 19.7 Å². The lowest BCUT2D eigenvalue weighted by Crippen LogP contribution is -2.44. The Morgan fingerprint density at radius 2 is 1.78 bits per heavy atom. The summed E-state index contributed by atoms with van der Waals surface area (Å²) in [5.74, 6) is -0.0830. The molecule has 55 heavy (non-hydrogen) atoms. The Morgan fingerprint density at radius 3 is 2.56 bits per heavy atom. The minimum Gasteiger partial charge on any atom is -0.506 e. The second-order valence-electron chi connectivity index (χ2n) is 13.5. The Morgan fingerprint density at radius 1 is 1.02 bits per heavy atom. The van der Waals surface area contributed by atoms with Crippen molar-refractivity contribution in [3.8, 4) is 22.6 Å². The fraction of sp³-hybridized carbons (Fsp3) is 0.300. The quantitative estimate of drug-likeness (QED) is 0.0989. The second kappa shape index (κ2) is 16.7. The van der Waals surface area contributed by atoms with Gasteiger partial charge in [-0.15, -0.1) is 0 Å². The molecule has 3 amide bonds. The van der Waals surface area contributed by atoms with Crippen LogP contribution in [0.1, 0.15) is 36.5 Å². The lowest BCUT2D eigenvalue weighted by Gasteiger charge is -2.33. The molecule has 1 atom stereocenters. The maximum atomic E-state index is 13.6. The predicted molar refractivity (Wildman–Crippen MR) is 211 cm³/mol. The van der Waals surface area contributed by atoms with Gasteiger partial charge >= 0.3 is 11.0 Å². The van der Waals surface area contributed by atoms with Gasteiger partial charge in [-0.05, 0) is 36.6 Å². The molecule has 2 aliphatic heterocycles. The van der Waals surface area contributed by atoms with Crippen LogP contribution >= 0.6 is 11.3 Å². The number of aromatic amines is 1. The van der Waals surface area contributed by atoms with Crippen molar-refractivity contribution < 1.29 is 34.1 Å². The van der Waals surface area contributed by atoms with Crippen LogP contribution < -0.4 is 30.5 Å². The van der Waals surface area contributed by atoms with Crippen molar-refractivity contribution in [1.82, 2.24) is 15.2 Å². The molecule has 0 radical (unpaired) electrons. The van der Waals surface area contributed by atoms with Crippen LogP contribution in [0, 0.1) is 0 Å². The lowest BCUT2D eigenvalue weighted by molar-refractivity contribution is -0.122. The molecular formula is C40H42N6O8S. The Balaban J connectivity index is 0.909. The summed E-state index contributed by atoms with van der Waals surface area (Å²) in [5.41, 5.74) is 5.08. The number of methoxy groups -OCH3 is 1. The van der Waals surface area contributed by atoms with Crippen molar-refractivity contribution in [3.05, 3.63) is 99.7 Å². The number of thiazole rings is 1. The molecule has 1 aromatic heterocycles. The van der Waals surface area contributed by atoms with Crippen molar-refractivity contribution in [2.24, 2.45) is 0 Å². The number of aliphatic hydroxyl groups excluding tert-OH is 1. The number of likely N-dealkylation sites (tertiary alicyclic amines) is 1. The Hall–Kier alpha value is -5.74. The number of nitrogens with zero attached hydrogens (tertiary/aromatic N) is 2. The zero-order chi connectivity index (χ0) is 38.5. The number of aromatic hydroxyl groups is 1. The minimum absolute atomic E-state index is 0.0685. The number of fused-ring (bicyclic) bond motifs is 2. The van der Waals surface area contributed by atoms with E-state index in [-0.39, 0.29) is 60.1 Å². The average Bonchev–Trinajstić information content (AvgIpc) is 3.59. The number of para-hydroxylation sites is 1. The number of hydrogen-bond acceptors (Lipinski definition) is 11. The fourth-order valence-corrected chi connectivity index (χ4v) is 7.97. The molecule has 0 spiro atoms. The van der Waals surface area contributed by atoms with E-state index in [9.17, 15) is 29.4 Å². The molecule has 0 saturated carbocycles. The van der Waals surface area contributed by atoms with Crippen LogP contribution in [0.3, 0.4) is 0 Å². The number of benzene rings is 4. The molecule has 3 heterocycles. The average molecular weight is 767 g/mol. The topological polar surface area (TPSA) is 186 Å². The van der Waals surface area contributed by atoms with Crippen LogP contribution in [0.2, 0.25) is 0 Å². The van der Waals surface area contributed by atoms with Crippen LogP contribution in [0.5, 0.6) is 11.5 Å². The molecule has 1 saturated heterocycles. The first-order chi connectivity index (χ1) is 26.7. The minimum atomic E-state index is -0.975. The highest BCUT2D eigenvalue weighted by Crippen LogP contribution is 2.37. The van der Waals surface area contributed by atoms with Gasteiger partial charge in [0.15, 0.2) is 0 Å². The summed E-state index contributed by atoms with van der Waals surface area (Å²) in [7, 11) is 1.52. The normalized spacial score (nSPS) is 15.3. The first-order valence-corrected chi connectivity index (χ1v) is 18.9. The summed E-state index contributed by atoms with van der Waals surface area (Å²) in [6, 6.07) is 23.9. The van der Waals surface area contributed by atoms with Crippen molar-refractivity contribution >= 4 is 56.5 Å². The molecule has 6 N–H and O–H groups in total. The molecular weight excluding hydrogens is 725 g/mol. The van der Waals surface area contributed by atoms with E-state index in [0.29, 0.717) is 71.1 Å². The van der Waals surface area contributed by atoms with E-state index in [2.05, 4.69) is 25.8 Å². The SMILES string of the molecule is COc1cc2c(cc1CNC[C@H](O)c1ccc(O)c3[nH]c(=O)sc13)NC(=O)CN2C(=O)CCN1CCC(OC(=O)Nc2ccccc2-c2ccccc2)CC1. The monoisotopic (exact) mass is 766 g/mol. The maximum absolute atomic E-state index is 13.6. The number of rotatable bonds is 12. The first-order valence-electron chi connectivity index (χ1n) is 18.1. The number of nitrogens with one attached hydrogen (secondary N) is 4. The standard InChI is InChI=1S/C40H42N6O8S/c1-53-34-20-31-30(19-25(34)21-41-22-33(48)28-11-12-32(47)37-38(28)55-40(52)44-37)42-35(49)23-46(31)36(50)15-18-45-16-13-26(14-17-45)54-39(51)43-29-10-6-5-9-27(29)24-7-3-2-4-8-24/h2-12,19-20,26,33,41,47-48H,13-18,21-23H2,1H3,(H,42,49)(H,43,51)(H,44,52)/t33-/m0/s1. The van der Waals surface area contributed by atoms with Crippen LogP contribution in [-0.2, 0) is 20.9 Å². The molecule has 0 bridgehead atoms. The van der Waals surface area contributed by atoms with E-state index in [1.165, 1.54) is 18.1 Å². The lowest BCUT2D eigenvalue weighted by atomic mass is 10.0. The van der Waals surface area contributed by atoms with Crippen molar-refractivity contribution in [1.29, 1.82) is 0 Å². The Kier molecular flexibility index (Phi) is 11.4. The van der Waals surface area contributed by atoms with Gasteiger partial charge in [0.2, 0.25) is 11.8 Å². The summed E-state index contributed by atoms with van der Waals surface area (Å²) < 4.78 is 11.9. The molecule has 2 aliphatic rings. The number of H-pyrrole nitrogens is 1. The number of carbonyl (C=O) groups excluding carboxylic acids is 3. The summed E-state index contributed by atoms with van der Waals surface area (Å²) in [4.78, 5) is 56.9. The number of anilines is 3. The van der Waals surface area contributed by atoms with Gasteiger partial charge in [-0.2, -0.15) is 0 Å². The highest BCUT2D eigenvalue weighted by molar-refractivity contribution is 7.16. The zero-order valence-electron chi connectivity index (χ0n) is 30.2. The van der Waals surface area contributed by atoms with Gasteiger partial charge in [0.25, 0.3) is 0 Å². The molecule has 5 aromatic rings. The number of phenols is 1. The fourth-order valence-electron chi connectivity index (χ4n) is 7.05. The van der Waals surface area contributed by atoms with E-state index < -0.39 is 12.2 Å². The summed E-state index contributed by atoms with van der Waals surface area (Å²) in [6.45, 7) is 2.08. The van der Waals surface area contributed by atoms with Gasteiger partial charge in [-0.1, -0.05) is 65.9 Å². The second-order valence-corrected chi connectivity index (χ2v) is 14.5. The predicted octanol–water partition coefficient (Wildman–Crippen LogP) is 5.18. The third kappa shape index (κ3) is 8.65. The van der Waals surface area contributed by atoms with E-state index in [1.54, 1.807) is 18.2 Å².